The molecular formula is C20H22FN3O3. The monoisotopic (exact) mass is 371 g/mol. The summed E-state index contributed by atoms with van der Waals surface area (Å²) in [6, 6.07) is 13.3. The maximum atomic E-state index is 13.0. The van der Waals surface area contributed by atoms with Crippen molar-refractivity contribution < 1.29 is 18.7 Å². The molecular weight excluding hydrogens is 349 g/mol. The van der Waals surface area contributed by atoms with Crippen molar-refractivity contribution in [3.63, 3.8) is 0 Å². The highest BCUT2D eigenvalue weighted by Gasteiger charge is 2.29. The van der Waals surface area contributed by atoms with Crippen molar-refractivity contribution in [3.8, 4) is 5.75 Å². The summed E-state index contributed by atoms with van der Waals surface area (Å²) < 4.78 is 18.1. The second kappa shape index (κ2) is 8.53. The van der Waals surface area contributed by atoms with Crippen molar-refractivity contribution >= 4 is 11.9 Å². The molecule has 1 N–H and O–H groups in total. The summed E-state index contributed by atoms with van der Waals surface area (Å²) >= 11 is 0. The van der Waals surface area contributed by atoms with Crippen LogP contribution in [0.1, 0.15) is 11.1 Å². The van der Waals surface area contributed by atoms with Gasteiger partial charge in [-0.05, 0) is 35.4 Å². The minimum absolute atomic E-state index is 0.0166. The lowest BCUT2D eigenvalue weighted by molar-refractivity contribution is -0.121. The summed E-state index contributed by atoms with van der Waals surface area (Å²) in [6.45, 7) is 1.83. The second-order valence-electron chi connectivity index (χ2n) is 6.38. The Morgan fingerprint density at radius 1 is 1.11 bits per heavy atom. The van der Waals surface area contributed by atoms with Crippen molar-refractivity contribution in [2.24, 2.45) is 0 Å². The number of benzene rings is 2. The Morgan fingerprint density at radius 2 is 1.85 bits per heavy atom. The fourth-order valence-corrected chi connectivity index (χ4v) is 2.95. The van der Waals surface area contributed by atoms with E-state index in [1.807, 2.05) is 24.3 Å². The van der Waals surface area contributed by atoms with E-state index in [1.54, 1.807) is 24.1 Å². The number of methoxy groups -OCH3 is 1. The molecule has 142 valence electrons. The lowest BCUT2D eigenvalue weighted by Gasteiger charge is -2.18. The third-order valence-corrected chi connectivity index (χ3v) is 4.43. The number of carbonyl (C=O) groups excluding carboxylic acids is 2. The molecule has 0 radical (unpaired) electrons. The SMILES string of the molecule is COc1cccc(CNC(=O)CN2CCN(Cc3ccc(F)cc3)C2=O)c1. The average molecular weight is 371 g/mol. The molecule has 0 bridgehead atoms. The van der Waals surface area contributed by atoms with Gasteiger partial charge in [0.25, 0.3) is 0 Å². The number of amides is 3. The highest BCUT2D eigenvalue weighted by atomic mass is 19.1. The van der Waals surface area contributed by atoms with Gasteiger partial charge in [0.05, 0.1) is 7.11 Å². The molecule has 1 fully saturated rings. The molecule has 1 saturated heterocycles. The van der Waals surface area contributed by atoms with E-state index in [9.17, 15) is 14.0 Å². The third-order valence-electron chi connectivity index (χ3n) is 4.43. The maximum Gasteiger partial charge on any atom is 0.320 e. The first kappa shape index (κ1) is 18.7. The topological polar surface area (TPSA) is 61.9 Å². The number of carbonyl (C=O) groups is 2. The highest BCUT2D eigenvalue weighted by molar-refractivity contribution is 5.85. The first-order valence-electron chi connectivity index (χ1n) is 8.73. The zero-order chi connectivity index (χ0) is 19.2. The molecule has 1 aliphatic rings. The van der Waals surface area contributed by atoms with Gasteiger partial charge in [-0.1, -0.05) is 24.3 Å². The van der Waals surface area contributed by atoms with E-state index in [0.717, 1.165) is 16.9 Å². The maximum absolute atomic E-state index is 13.0. The molecule has 0 spiro atoms. The number of rotatable bonds is 7. The predicted octanol–water partition coefficient (Wildman–Crippen LogP) is 2.39. The van der Waals surface area contributed by atoms with E-state index in [2.05, 4.69) is 5.32 Å². The van der Waals surface area contributed by atoms with E-state index >= 15 is 0 Å². The fraction of sp³-hybridized carbons (Fsp3) is 0.300. The molecule has 0 aromatic heterocycles. The van der Waals surface area contributed by atoms with Crippen LogP contribution in [0.4, 0.5) is 9.18 Å². The minimum atomic E-state index is -0.305. The van der Waals surface area contributed by atoms with Crippen LogP contribution in [-0.2, 0) is 17.9 Å². The Labute approximate surface area is 157 Å². The quantitative estimate of drug-likeness (QED) is 0.813. The van der Waals surface area contributed by atoms with E-state index < -0.39 is 0 Å². The molecule has 0 atom stereocenters. The first-order valence-corrected chi connectivity index (χ1v) is 8.73. The van der Waals surface area contributed by atoms with Gasteiger partial charge in [0, 0.05) is 26.2 Å². The van der Waals surface area contributed by atoms with Gasteiger partial charge in [0.2, 0.25) is 5.91 Å². The predicted molar refractivity (Wildman–Crippen MR) is 98.6 cm³/mol. The van der Waals surface area contributed by atoms with Gasteiger partial charge in [-0.15, -0.1) is 0 Å². The Bertz CT molecular complexity index is 810. The molecule has 7 heteroatoms. The van der Waals surface area contributed by atoms with Crippen LogP contribution in [-0.4, -0.2) is 48.5 Å². The summed E-state index contributed by atoms with van der Waals surface area (Å²) in [5.74, 6) is 0.212. The zero-order valence-electron chi connectivity index (χ0n) is 15.2. The van der Waals surface area contributed by atoms with Gasteiger partial charge < -0.3 is 19.9 Å². The Morgan fingerprint density at radius 3 is 2.59 bits per heavy atom. The number of nitrogens with one attached hydrogen (secondary N) is 1. The van der Waals surface area contributed by atoms with Crippen molar-refractivity contribution in [1.29, 1.82) is 0 Å². The van der Waals surface area contributed by atoms with Crippen LogP contribution in [0.15, 0.2) is 48.5 Å². The molecule has 27 heavy (non-hydrogen) atoms. The lowest BCUT2D eigenvalue weighted by Crippen LogP contribution is -2.39. The van der Waals surface area contributed by atoms with Gasteiger partial charge in [-0.2, -0.15) is 0 Å². The molecule has 3 rings (SSSR count). The van der Waals surface area contributed by atoms with Crippen LogP contribution in [0.25, 0.3) is 0 Å². The van der Waals surface area contributed by atoms with Crippen molar-refractivity contribution in [2.45, 2.75) is 13.1 Å². The molecule has 1 heterocycles. The summed E-state index contributed by atoms with van der Waals surface area (Å²) in [6.07, 6.45) is 0. The summed E-state index contributed by atoms with van der Waals surface area (Å²) in [7, 11) is 1.59. The van der Waals surface area contributed by atoms with Crippen LogP contribution in [0, 0.1) is 5.82 Å². The summed E-state index contributed by atoms with van der Waals surface area (Å²) in [5.41, 5.74) is 1.78. The second-order valence-corrected chi connectivity index (χ2v) is 6.38. The zero-order valence-corrected chi connectivity index (χ0v) is 15.2. The van der Waals surface area contributed by atoms with Gasteiger partial charge in [0.1, 0.15) is 18.1 Å². The Hall–Kier alpha value is -3.09. The van der Waals surface area contributed by atoms with E-state index in [1.165, 1.54) is 17.0 Å². The molecule has 3 amide bonds. The van der Waals surface area contributed by atoms with Crippen LogP contribution in [0.2, 0.25) is 0 Å². The highest BCUT2D eigenvalue weighted by Crippen LogP contribution is 2.14. The number of hydrogen-bond donors (Lipinski definition) is 1. The minimum Gasteiger partial charge on any atom is -0.497 e. The molecule has 1 aliphatic heterocycles. The van der Waals surface area contributed by atoms with Crippen molar-refractivity contribution in [2.75, 3.05) is 26.7 Å². The molecule has 0 aliphatic carbocycles. The Balaban J connectivity index is 1.48. The van der Waals surface area contributed by atoms with E-state index in [-0.39, 0.29) is 24.3 Å². The number of hydrogen-bond acceptors (Lipinski definition) is 3. The molecule has 0 saturated carbocycles. The van der Waals surface area contributed by atoms with Crippen molar-refractivity contribution in [3.05, 3.63) is 65.5 Å². The van der Waals surface area contributed by atoms with Gasteiger partial charge in [-0.25, -0.2) is 9.18 Å². The molecule has 2 aromatic carbocycles. The number of ether oxygens (including phenoxy) is 1. The number of nitrogens with zero attached hydrogens (tertiary/aromatic N) is 2. The standard InChI is InChI=1S/C20H22FN3O3/c1-27-18-4-2-3-16(11-18)12-22-19(25)14-24-10-9-23(20(24)26)13-15-5-7-17(21)8-6-15/h2-8,11H,9-10,12-14H2,1H3,(H,22,25). The first-order chi connectivity index (χ1) is 13.0. The van der Waals surface area contributed by atoms with Crippen molar-refractivity contribution in [1.82, 2.24) is 15.1 Å². The fourth-order valence-electron chi connectivity index (χ4n) is 2.95. The van der Waals surface area contributed by atoms with Gasteiger partial charge in [-0.3, -0.25) is 4.79 Å². The van der Waals surface area contributed by atoms with E-state index in [4.69, 9.17) is 4.74 Å². The Kier molecular flexibility index (Phi) is 5.90. The van der Waals surface area contributed by atoms with Gasteiger partial charge in [0.15, 0.2) is 0 Å². The molecule has 2 aromatic rings. The van der Waals surface area contributed by atoms with Crippen LogP contribution in [0.3, 0.4) is 0 Å². The van der Waals surface area contributed by atoms with Gasteiger partial charge >= 0.3 is 6.03 Å². The largest absolute Gasteiger partial charge is 0.497 e. The van der Waals surface area contributed by atoms with Crippen LogP contribution < -0.4 is 10.1 Å². The van der Waals surface area contributed by atoms with E-state index in [0.29, 0.717) is 26.2 Å². The number of urea groups is 1. The normalized spacial score (nSPS) is 13.8. The smallest absolute Gasteiger partial charge is 0.320 e. The van der Waals surface area contributed by atoms with Crippen LogP contribution in [0.5, 0.6) is 5.75 Å². The summed E-state index contributed by atoms with van der Waals surface area (Å²) in [4.78, 5) is 27.8. The third kappa shape index (κ3) is 4.97. The average Bonchev–Trinajstić information content (AvgIpc) is 3.02. The summed E-state index contributed by atoms with van der Waals surface area (Å²) in [5, 5.41) is 2.82. The number of halogens is 1. The van der Waals surface area contributed by atoms with Crippen LogP contribution >= 0.6 is 0 Å². The molecule has 0 unspecified atom stereocenters. The lowest BCUT2D eigenvalue weighted by atomic mass is 10.2. The molecule has 6 nitrogen and oxygen atoms in total.